The van der Waals surface area contributed by atoms with Gasteiger partial charge in [0.25, 0.3) is 0 Å². The van der Waals surface area contributed by atoms with Crippen molar-refractivity contribution in [2.75, 3.05) is 33.2 Å². The monoisotopic (exact) mass is 182 g/mol. The maximum absolute atomic E-state index is 2.68. The minimum atomic E-state index is 0.876. The zero-order valence-corrected chi connectivity index (χ0v) is 9.00. The minimum Gasteiger partial charge on any atom is -0.305 e. The first-order valence-corrected chi connectivity index (χ1v) is 5.72. The first-order chi connectivity index (χ1) is 6.29. The van der Waals surface area contributed by atoms with Crippen molar-refractivity contribution in [3.05, 3.63) is 0 Å². The fourth-order valence-electron chi connectivity index (χ4n) is 2.60. The SMILES string of the molecule is CCC1CN(C2CCCN(C)C2)C1. The van der Waals surface area contributed by atoms with Crippen LogP contribution in [-0.2, 0) is 0 Å². The van der Waals surface area contributed by atoms with Gasteiger partial charge in [-0.05, 0) is 32.4 Å². The van der Waals surface area contributed by atoms with Crippen LogP contribution in [0.1, 0.15) is 26.2 Å². The predicted octanol–water partition coefficient (Wildman–Crippen LogP) is 1.42. The summed E-state index contributed by atoms with van der Waals surface area (Å²) >= 11 is 0. The molecule has 0 amide bonds. The molecule has 1 atom stereocenters. The second kappa shape index (κ2) is 3.97. The zero-order chi connectivity index (χ0) is 9.26. The first-order valence-electron chi connectivity index (χ1n) is 5.72. The van der Waals surface area contributed by atoms with Gasteiger partial charge in [-0.15, -0.1) is 0 Å². The predicted molar refractivity (Wildman–Crippen MR) is 55.9 cm³/mol. The average molecular weight is 182 g/mol. The van der Waals surface area contributed by atoms with Crippen molar-refractivity contribution in [3.8, 4) is 0 Å². The Morgan fingerprint density at radius 3 is 2.62 bits per heavy atom. The molecular formula is C11H22N2. The van der Waals surface area contributed by atoms with E-state index in [9.17, 15) is 0 Å². The molecule has 2 nitrogen and oxygen atoms in total. The maximum atomic E-state index is 2.68. The minimum absolute atomic E-state index is 0.876. The van der Waals surface area contributed by atoms with Crippen molar-refractivity contribution < 1.29 is 0 Å². The molecule has 0 aromatic heterocycles. The number of piperidine rings is 1. The second-order valence-electron chi connectivity index (χ2n) is 4.79. The van der Waals surface area contributed by atoms with E-state index in [0.717, 1.165) is 12.0 Å². The molecule has 2 rings (SSSR count). The number of rotatable bonds is 2. The summed E-state index contributed by atoms with van der Waals surface area (Å²) in [5, 5.41) is 0. The lowest BCUT2D eigenvalue weighted by molar-refractivity contribution is 0.0175. The summed E-state index contributed by atoms with van der Waals surface area (Å²) < 4.78 is 0. The van der Waals surface area contributed by atoms with E-state index >= 15 is 0 Å². The van der Waals surface area contributed by atoms with Crippen molar-refractivity contribution in [1.82, 2.24) is 9.80 Å². The largest absolute Gasteiger partial charge is 0.305 e. The van der Waals surface area contributed by atoms with Gasteiger partial charge in [0, 0.05) is 25.7 Å². The van der Waals surface area contributed by atoms with Crippen LogP contribution in [0.4, 0.5) is 0 Å². The third-order valence-corrected chi connectivity index (χ3v) is 3.68. The van der Waals surface area contributed by atoms with E-state index < -0.39 is 0 Å². The van der Waals surface area contributed by atoms with Crippen LogP contribution in [0.5, 0.6) is 0 Å². The van der Waals surface area contributed by atoms with Crippen LogP contribution in [0.25, 0.3) is 0 Å². The lowest BCUT2D eigenvalue weighted by Gasteiger charge is -2.47. The van der Waals surface area contributed by atoms with Gasteiger partial charge < -0.3 is 4.90 Å². The molecule has 2 fully saturated rings. The van der Waals surface area contributed by atoms with Crippen molar-refractivity contribution in [2.45, 2.75) is 32.2 Å². The molecule has 0 bridgehead atoms. The summed E-state index contributed by atoms with van der Waals surface area (Å²) in [6.07, 6.45) is 4.20. The molecule has 2 aliphatic rings. The van der Waals surface area contributed by atoms with Crippen molar-refractivity contribution in [3.63, 3.8) is 0 Å². The number of hydrogen-bond acceptors (Lipinski definition) is 2. The molecule has 0 saturated carbocycles. The highest BCUT2D eigenvalue weighted by Crippen LogP contribution is 2.25. The van der Waals surface area contributed by atoms with E-state index in [4.69, 9.17) is 0 Å². The van der Waals surface area contributed by atoms with Crippen molar-refractivity contribution >= 4 is 0 Å². The highest BCUT2D eigenvalue weighted by Gasteiger charge is 2.32. The van der Waals surface area contributed by atoms with Gasteiger partial charge in [0.2, 0.25) is 0 Å². The molecular weight excluding hydrogens is 160 g/mol. The number of likely N-dealkylation sites (tertiary alicyclic amines) is 2. The topological polar surface area (TPSA) is 6.48 Å². The fourth-order valence-corrected chi connectivity index (χ4v) is 2.60. The Balaban J connectivity index is 1.75. The molecule has 2 heteroatoms. The summed E-state index contributed by atoms with van der Waals surface area (Å²) in [7, 11) is 2.25. The highest BCUT2D eigenvalue weighted by molar-refractivity contribution is 4.87. The van der Waals surface area contributed by atoms with Gasteiger partial charge in [0.1, 0.15) is 0 Å². The summed E-state index contributed by atoms with van der Waals surface area (Å²) in [4.78, 5) is 5.16. The Labute approximate surface area is 81.9 Å². The molecule has 2 heterocycles. The summed E-state index contributed by atoms with van der Waals surface area (Å²) in [6, 6.07) is 0.876. The van der Waals surface area contributed by atoms with E-state index in [0.29, 0.717) is 0 Å². The number of nitrogens with zero attached hydrogens (tertiary/aromatic N) is 2. The van der Waals surface area contributed by atoms with Crippen LogP contribution in [0.3, 0.4) is 0 Å². The van der Waals surface area contributed by atoms with Crippen LogP contribution >= 0.6 is 0 Å². The molecule has 0 aliphatic carbocycles. The van der Waals surface area contributed by atoms with Gasteiger partial charge in [-0.3, -0.25) is 4.90 Å². The van der Waals surface area contributed by atoms with Gasteiger partial charge in [-0.1, -0.05) is 13.3 Å². The smallest absolute Gasteiger partial charge is 0.0223 e. The van der Waals surface area contributed by atoms with Crippen LogP contribution in [-0.4, -0.2) is 49.1 Å². The Morgan fingerprint density at radius 2 is 2.00 bits per heavy atom. The van der Waals surface area contributed by atoms with E-state index in [2.05, 4.69) is 23.8 Å². The van der Waals surface area contributed by atoms with Gasteiger partial charge in [-0.2, -0.15) is 0 Å². The standard InChI is InChI=1S/C11H22N2/c1-3-10-7-13(8-10)11-5-4-6-12(2)9-11/h10-11H,3-9H2,1-2H3. The fraction of sp³-hybridized carbons (Fsp3) is 1.00. The number of hydrogen-bond donors (Lipinski definition) is 0. The molecule has 13 heavy (non-hydrogen) atoms. The average Bonchev–Trinajstić information content (AvgIpc) is 2.02. The lowest BCUT2D eigenvalue weighted by atomic mass is 9.92. The molecule has 0 radical (unpaired) electrons. The van der Waals surface area contributed by atoms with Crippen LogP contribution in [0.2, 0.25) is 0 Å². The third-order valence-electron chi connectivity index (χ3n) is 3.68. The number of likely N-dealkylation sites (N-methyl/N-ethyl adjacent to an activating group) is 1. The normalized spacial score (nSPS) is 33.2. The Hall–Kier alpha value is -0.0800. The van der Waals surface area contributed by atoms with Crippen molar-refractivity contribution in [2.24, 2.45) is 5.92 Å². The van der Waals surface area contributed by atoms with Crippen LogP contribution in [0, 0.1) is 5.92 Å². The van der Waals surface area contributed by atoms with Crippen LogP contribution < -0.4 is 0 Å². The van der Waals surface area contributed by atoms with Crippen molar-refractivity contribution in [1.29, 1.82) is 0 Å². The van der Waals surface area contributed by atoms with Gasteiger partial charge in [0.15, 0.2) is 0 Å². The van der Waals surface area contributed by atoms with E-state index in [1.807, 2.05) is 0 Å². The lowest BCUT2D eigenvalue weighted by Crippen LogP contribution is -2.56. The van der Waals surface area contributed by atoms with Gasteiger partial charge >= 0.3 is 0 Å². The Kier molecular flexibility index (Phi) is 2.89. The Bertz CT molecular complexity index is 163. The molecule has 0 N–H and O–H groups in total. The zero-order valence-electron chi connectivity index (χ0n) is 9.00. The quantitative estimate of drug-likeness (QED) is 0.637. The second-order valence-corrected chi connectivity index (χ2v) is 4.79. The van der Waals surface area contributed by atoms with Crippen LogP contribution in [0.15, 0.2) is 0 Å². The van der Waals surface area contributed by atoms with E-state index in [-0.39, 0.29) is 0 Å². The molecule has 2 aliphatic heterocycles. The summed E-state index contributed by atoms with van der Waals surface area (Å²) in [5.74, 6) is 1.01. The summed E-state index contributed by atoms with van der Waals surface area (Å²) in [5.41, 5.74) is 0. The Morgan fingerprint density at radius 1 is 1.23 bits per heavy atom. The maximum Gasteiger partial charge on any atom is 0.0223 e. The molecule has 2 saturated heterocycles. The molecule has 0 aromatic carbocycles. The molecule has 0 spiro atoms. The van der Waals surface area contributed by atoms with E-state index in [1.165, 1.54) is 45.4 Å². The van der Waals surface area contributed by atoms with E-state index in [1.54, 1.807) is 0 Å². The van der Waals surface area contributed by atoms with Gasteiger partial charge in [0.05, 0.1) is 0 Å². The molecule has 1 unspecified atom stereocenters. The third kappa shape index (κ3) is 2.05. The first kappa shape index (κ1) is 9.47. The summed E-state index contributed by atoms with van der Waals surface area (Å²) in [6.45, 7) is 7.66. The molecule has 0 aromatic rings. The highest BCUT2D eigenvalue weighted by atomic mass is 15.3. The van der Waals surface area contributed by atoms with Gasteiger partial charge in [-0.25, -0.2) is 0 Å². The molecule has 76 valence electrons.